The molecule has 0 saturated heterocycles. The van der Waals surface area contributed by atoms with Crippen LogP contribution in [0.1, 0.15) is 22.8 Å². The van der Waals surface area contributed by atoms with Crippen LogP contribution in [0, 0.1) is 0 Å². The summed E-state index contributed by atoms with van der Waals surface area (Å²) in [7, 11) is 3.33. The van der Waals surface area contributed by atoms with Gasteiger partial charge >= 0.3 is 4.87 Å². The maximum Gasteiger partial charge on any atom is 0.308 e. The third kappa shape index (κ3) is 2.54. The van der Waals surface area contributed by atoms with Crippen LogP contribution in [0.2, 0.25) is 0 Å². The summed E-state index contributed by atoms with van der Waals surface area (Å²) in [6.07, 6.45) is 0.294. The first kappa shape index (κ1) is 16.6. The molecule has 0 aliphatic carbocycles. The van der Waals surface area contributed by atoms with Crippen molar-refractivity contribution in [2.24, 2.45) is 7.05 Å². The highest BCUT2D eigenvalue weighted by Gasteiger charge is 2.38. The summed E-state index contributed by atoms with van der Waals surface area (Å²) in [5.74, 6) is 1.16. The van der Waals surface area contributed by atoms with E-state index in [0.29, 0.717) is 12.2 Å². The SMILES string of the molecule is COc1ccccc1C1CC(=O)N(c2ccccc2)c2c1sc(=O)n2C. The van der Waals surface area contributed by atoms with Gasteiger partial charge in [0.15, 0.2) is 0 Å². The molecule has 26 heavy (non-hydrogen) atoms. The fourth-order valence-corrected chi connectivity index (χ4v) is 4.56. The van der Waals surface area contributed by atoms with Gasteiger partial charge in [0.25, 0.3) is 0 Å². The number of para-hydroxylation sites is 2. The number of carbonyl (C=O) groups is 1. The topological polar surface area (TPSA) is 51.5 Å². The van der Waals surface area contributed by atoms with Crippen LogP contribution in [0.15, 0.2) is 59.4 Å². The molecule has 1 aliphatic heterocycles. The van der Waals surface area contributed by atoms with Gasteiger partial charge in [0, 0.05) is 24.9 Å². The van der Waals surface area contributed by atoms with Crippen molar-refractivity contribution in [3.8, 4) is 5.75 Å². The smallest absolute Gasteiger partial charge is 0.308 e. The number of methoxy groups -OCH3 is 1. The second-order valence-corrected chi connectivity index (χ2v) is 7.17. The van der Waals surface area contributed by atoms with Crippen LogP contribution in [0.5, 0.6) is 5.75 Å². The van der Waals surface area contributed by atoms with Gasteiger partial charge in [0.1, 0.15) is 11.6 Å². The summed E-state index contributed by atoms with van der Waals surface area (Å²) in [6.45, 7) is 0. The van der Waals surface area contributed by atoms with Crippen molar-refractivity contribution in [1.29, 1.82) is 0 Å². The van der Waals surface area contributed by atoms with Crippen LogP contribution in [0.4, 0.5) is 11.5 Å². The molecule has 132 valence electrons. The van der Waals surface area contributed by atoms with Crippen molar-refractivity contribution in [3.63, 3.8) is 0 Å². The molecule has 0 radical (unpaired) electrons. The van der Waals surface area contributed by atoms with Crippen molar-refractivity contribution in [3.05, 3.63) is 74.7 Å². The minimum Gasteiger partial charge on any atom is -0.496 e. The van der Waals surface area contributed by atoms with Gasteiger partial charge in [0.05, 0.1) is 17.7 Å². The van der Waals surface area contributed by atoms with E-state index in [9.17, 15) is 9.59 Å². The Kier molecular flexibility index (Phi) is 4.12. The van der Waals surface area contributed by atoms with Gasteiger partial charge in [-0.25, -0.2) is 0 Å². The summed E-state index contributed by atoms with van der Waals surface area (Å²) in [4.78, 5) is 28.0. The fourth-order valence-electron chi connectivity index (χ4n) is 3.47. The molecule has 5 nitrogen and oxygen atoms in total. The van der Waals surface area contributed by atoms with Crippen LogP contribution in [-0.4, -0.2) is 17.6 Å². The van der Waals surface area contributed by atoms with E-state index in [1.807, 2.05) is 54.6 Å². The van der Waals surface area contributed by atoms with E-state index in [1.165, 1.54) is 11.3 Å². The Labute approximate surface area is 155 Å². The second kappa shape index (κ2) is 6.46. The average Bonchev–Trinajstić information content (AvgIpc) is 2.97. The van der Waals surface area contributed by atoms with E-state index >= 15 is 0 Å². The number of nitrogens with zero attached hydrogens (tertiary/aromatic N) is 2. The lowest BCUT2D eigenvalue weighted by molar-refractivity contribution is -0.118. The number of fused-ring (bicyclic) bond motifs is 1. The highest BCUT2D eigenvalue weighted by atomic mass is 32.1. The van der Waals surface area contributed by atoms with Crippen LogP contribution in [-0.2, 0) is 11.8 Å². The third-order valence-electron chi connectivity index (χ3n) is 4.69. The largest absolute Gasteiger partial charge is 0.496 e. The number of rotatable bonds is 3. The van der Waals surface area contributed by atoms with Gasteiger partial charge in [-0.05, 0) is 18.2 Å². The molecule has 1 atom stereocenters. The van der Waals surface area contributed by atoms with Crippen LogP contribution < -0.4 is 14.5 Å². The molecule has 6 heteroatoms. The molecular formula is C20H18N2O3S. The first-order valence-electron chi connectivity index (χ1n) is 8.32. The number of hydrogen-bond acceptors (Lipinski definition) is 4. The number of thiazole rings is 1. The van der Waals surface area contributed by atoms with Crippen molar-refractivity contribution < 1.29 is 9.53 Å². The van der Waals surface area contributed by atoms with E-state index in [4.69, 9.17) is 4.74 Å². The van der Waals surface area contributed by atoms with Gasteiger partial charge in [-0.3, -0.25) is 19.1 Å². The molecule has 2 heterocycles. The molecule has 1 amide bonds. The molecule has 2 aromatic carbocycles. The van der Waals surface area contributed by atoms with E-state index in [1.54, 1.807) is 23.6 Å². The predicted molar refractivity (Wildman–Crippen MR) is 103 cm³/mol. The van der Waals surface area contributed by atoms with Crippen LogP contribution >= 0.6 is 11.3 Å². The molecular weight excluding hydrogens is 348 g/mol. The molecule has 4 rings (SSSR count). The lowest BCUT2D eigenvalue weighted by Crippen LogP contribution is -2.34. The molecule has 1 aliphatic rings. The Morgan fingerprint density at radius 3 is 2.46 bits per heavy atom. The number of carbonyl (C=O) groups excluding carboxylic acids is 1. The second-order valence-electron chi connectivity index (χ2n) is 6.18. The van der Waals surface area contributed by atoms with Crippen molar-refractivity contribution >= 4 is 28.7 Å². The van der Waals surface area contributed by atoms with Gasteiger partial charge in [0.2, 0.25) is 5.91 Å². The van der Waals surface area contributed by atoms with Crippen LogP contribution in [0.25, 0.3) is 0 Å². The number of anilines is 2. The molecule has 1 unspecified atom stereocenters. The number of benzene rings is 2. The quantitative estimate of drug-likeness (QED) is 0.711. The number of aromatic nitrogens is 1. The summed E-state index contributed by atoms with van der Waals surface area (Å²) >= 11 is 1.20. The van der Waals surface area contributed by atoms with Gasteiger partial charge in [-0.1, -0.05) is 47.7 Å². The fraction of sp³-hybridized carbons (Fsp3) is 0.200. The Morgan fingerprint density at radius 1 is 1.04 bits per heavy atom. The molecule has 0 saturated carbocycles. The van der Waals surface area contributed by atoms with E-state index in [2.05, 4.69) is 0 Å². The Bertz CT molecular complexity index is 1020. The van der Waals surface area contributed by atoms with Gasteiger partial charge in [-0.2, -0.15) is 0 Å². The Balaban J connectivity index is 1.93. The monoisotopic (exact) mass is 366 g/mol. The van der Waals surface area contributed by atoms with Crippen molar-refractivity contribution in [2.45, 2.75) is 12.3 Å². The molecule has 1 aromatic heterocycles. The average molecular weight is 366 g/mol. The van der Waals surface area contributed by atoms with E-state index in [-0.39, 0.29) is 16.7 Å². The minimum atomic E-state index is -0.187. The summed E-state index contributed by atoms with van der Waals surface area (Å²) in [6, 6.07) is 17.1. The molecule has 0 fully saturated rings. The van der Waals surface area contributed by atoms with Crippen LogP contribution in [0.3, 0.4) is 0 Å². The lowest BCUT2D eigenvalue weighted by Gasteiger charge is -2.32. The van der Waals surface area contributed by atoms with Gasteiger partial charge < -0.3 is 4.74 Å². The summed E-state index contributed by atoms with van der Waals surface area (Å²) < 4.78 is 7.05. The van der Waals surface area contributed by atoms with Gasteiger partial charge in [-0.15, -0.1) is 0 Å². The lowest BCUT2D eigenvalue weighted by atomic mass is 9.89. The number of hydrogen-bond donors (Lipinski definition) is 0. The maximum absolute atomic E-state index is 13.1. The zero-order valence-electron chi connectivity index (χ0n) is 14.5. The molecule has 3 aromatic rings. The Hall–Kier alpha value is -2.86. The zero-order valence-corrected chi connectivity index (χ0v) is 15.3. The standard InChI is InChI=1S/C20H18N2O3S/c1-21-19-18(26-20(21)24)15(14-10-6-7-11-16(14)25-2)12-17(23)22(19)13-8-4-3-5-9-13/h3-11,15H,12H2,1-2H3. The van der Waals surface area contributed by atoms with Crippen molar-refractivity contribution in [2.75, 3.05) is 12.0 Å². The Morgan fingerprint density at radius 2 is 1.73 bits per heavy atom. The number of amides is 1. The van der Waals surface area contributed by atoms with Crippen molar-refractivity contribution in [1.82, 2.24) is 4.57 Å². The highest BCUT2D eigenvalue weighted by Crippen LogP contribution is 2.46. The predicted octanol–water partition coefficient (Wildman–Crippen LogP) is 3.66. The summed E-state index contributed by atoms with van der Waals surface area (Å²) in [5, 5.41) is 0. The van der Waals surface area contributed by atoms with E-state index < -0.39 is 0 Å². The third-order valence-corrected chi connectivity index (χ3v) is 5.83. The highest BCUT2D eigenvalue weighted by molar-refractivity contribution is 7.10. The van der Waals surface area contributed by atoms with E-state index in [0.717, 1.165) is 21.9 Å². The first-order valence-corrected chi connectivity index (χ1v) is 9.14. The molecule has 0 spiro atoms. The zero-order chi connectivity index (χ0) is 18.3. The maximum atomic E-state index is 13.1. The normalized spacial score (nSPS) is 16.5. The molecule has 0 N–H and O–H groups in total. The first-order chi connectivity index (χ1) is 12.6. The minimum absolute atomic E-state index is 0.0343. The summed E-state index contributed by atoms with van der Waals surface area (Å²) in [5.41, 5.74) is 1.70. The molecule has 0 bridgehead atoms. The number of ether oxygens (including phenoxy) is 1.